The molecule has 0 aliphatic heterocycles. The Morgan fingerprint density at radius 3 is 2.50 bits per heavy atom. The Morgan fingerprint density at radius 2 is 2.00 bits per heavy atom. The van der Waals surface area contributed by atoms with Gasteiger partial charge in [-0.3, -0.25) is 0 Å². The zero-order valence-electron chi connectivity index (χ0n) is 7.64. The Morgan fingerprint density at radius 1 is 1.36 bits per heavy atom. The van der Waals surface area contributed by atoms with Crippen LogP contribution < -0.4 is 5.73 Å². The monoisotopic (exact) mass is 195 g/mol. The molecule has 1 unspecified atom stereocenters. The van der Waals surface area contributed by atoms with Gasteiger partial charge in [0.05, 0.1) is 6.04 Å². The third-order valence-corrected chi connectivity index (χ3v) is 1.92. The molecule has 0 fully saturated rings. The average Bonchev–Trinajstić information content (AvgIpc) is 2.11. The van der Waals surface area contributed by atoms with Crippen molar-refractivity contribution in [3.63, 3.8) is 0 Å². The Kier molecular flexibility index (Phi) is 2.99. The smallest absolute Gasteiger partial charge is 0.157 e. The van der Waals surface area contributed by atoms with Gasteiger partial charge >= 0.3 is 0 Å². The fourth-order valence-electron chi connectivity index (χ4n) is 1.07. The molecule has 76 valence electrons. The van der Waals surface area contributed by atoms with E-state index in [1.54, 1.807) is 6.07 Å². The van der Waals surface area contributed by atoms with Gasteiger partial charge in [0.15, 0.2) is 11.5 Å². The number of aliphatic hydroxyl groups excluding tert-OH is 1. The zero-order chi connectivity index (χ0) is 10.7. The van der Waals surface area contributed by atoms with Crippen LogP contribution in [-0.4, -0.2) is 21.4 Å². The van der Waals surface area contributed by atoms with Crippen molar-refractivity contribution >= 4 is 0 Å². The van der Waals surface area contributed by atoms with Crippen LogP contribution in [0, 0.1) is 0 Å². The lowest BCUT2D eigenvalue weighted by Crippen LogP contribution is -2.24. The van der Waals surface area contributed by atoms with Gasteiger partial charge in [0.1, 0.15) is 5.76 Å². The van der Waals surface area contributed by atoms with Gasteiger partial charge in [0.25, 0.3) is 0 Å². The number of phenolic OH excluding ortho intramolecular Hbond substituents is 2. The van der Waals surface area contributed by atoms with Crippen molar-refractivity contribution in [3.05, 3.63) is 36.1 Å². The Bertz CT molecular complexity index is 349. The average molecular weight is 195 g/mol. The van der Waals surface area contributed by atoms with Crippen LogP contribution in [0.25, 0.3) is 0 Å². The van der Waals surface area contributed by atoms with E-state index in [0.717, 1.165) is 5.56 Å². The van der Waals surface area contributed by atoms with Crippen LogP contribution in [0.3, 0.4) is 0 Å². The van der Waals surface area contributed by atoms with Gasteiger partial charge in [-0.2, -0.15) is 0 Å². The van der Waals surface area contributed by atoms with Crippen LogP contribution in [-0.2, 0) is 6.42 Å². The van der Waals surface area contributed by atoms with Crippen LogP contribution in [0.2, 0.25) is 0 Å². The van der Waals surface area contributed by atoms with E-state index < -0.39 is 6.04 Å². The molecular weight excluding hydrogens is 182 g/mol. The molecular formula is C10H13NO3. The normalized spacial score (nSPS) is 12.4. The number of benzene rings is 1. The highest BCUT2D eigenvalue weighted by Gasteiger charge is 2.08. The predicted molar refractivity (Wildman–Crippen MR) is 53.2 cm³/mol. The van der Waals surface area contributed by atoms with Crippen molar-refractivity contribution in [2.24, 2.45) is 5.73 Å². The second kappa shape index (κ2) is 4.02. The van der Waals surface area contributed by atoms with Crippen molar-refractivity contribution in [1.29, 1.82) is 0 Å². The highest BCUT2D eigenvalue weighted by Crippen LogP contribution is 2.25. The standard InChI is InChI=1S/C10H13NO3/c1-6(12)8(11)4-7-2-3-9(13)10(14)5-7/h2-3,5,8,12-14H,1,4,11H2. The number of aliphatic hydroxyl groups is 1. The fraction of sp³-hybridized carbons (Fsp3) is 0.200. The van der Waals surface area contributed by atoms with Gasteiger partial charge in [-0.15, -0.1) is 0 Å². The number of aromatic hydroxyl groups is 2. The van der Waals surface area contributed by atoms with Crippen molar-refractivity contribution in [2.75, 3.05) is 0 Å². The number of phenols is 2. The summed E-state index contributed by atoms with van der Waals surface area (Å²) in [5.41, 5.74) is 6.27. The van der Waals surface area contributed by atoms with Crippen LogP contribution >= 0.6 is 0 Å². The van der Waals surface area contributed by atoms with Crippen molar-refractivity contribution in [3.8, 4) is 11.5 Å². The van der Waals surface area contributed by atoms with Gasteiger partial charge < -0.3 is 21.1 Å². The van der Waals surface area contributed by atoms with E-state index >= 15 is 0 Å². The second-order valence-corrected chi connectivity index (χ2v) is 3.13. The molecule has 0 saturated carbocycles. The summed E-state index contributed by atoms with van der Waals surface area (Å²) in [5, 5.41) is 27.2. The lowest BCUT2D eigenvalue weighted by molar-refractivity contribution is 0.368. The van der Waals surface area contributed by atoms with Gasteiger partial charge in [-0.1, -0.05) is 12.6 Å². The van der Waals surface area contributed by atoms with E-state index in [0.29, 0.717) is 6.42 Å². The van der Waals surface area contributed by atoms with E-state index in [9.17, 15) is 5.11 Å². The summed E-state index contributed by atoms with van der Waals surface area (Å²) < 4.78 is 0. The summed E-state index contributed by atoms with van der Waals surface area (Å²) in [6, 6.07) is 3.84. The first-order valence-corrected chi connectivity index (χ1v) is 4.15. The van der Waals surface area contributed by atoms with E-state index in [1.807, 2.05) is 0 Å². The number of nitrogens with two attached hydrogens (primary N) is 1. The molecule has 0 aliphatic carbocycles. The first kappa shape index (κ1) is 10.4. The van der Waals surface area contributed by atoms with Gasteiger partial charge in [-0.05, 0) is 24.1 Å². The minimum atomic E-state index is -0.557. The molecule has 5 N–H and O–H groups in total. The SMILES string of the molecule is C=C(O)C(N)Cc1ccc(O)c(O)c1. The maximum Gasteiger partial charge on any atom is 0.157 e. The van der Waals surface area contributed by atoms with Crippen LogP contribution in [0.4, 0.5) is 0 Å². The van der Waals surface area contributed by atoms with Crippen molar-refractivity contribution < 1.29 is 15.3 Å². The van der Waals surface area contributed by atoms with Crippen molar-refractivity contribution in [1.82, 2.24) is 0 Å². The summed E-state index contributed by atoms with van der Waals surface area (Å²) in [6.07, 6.45) is 0.364. The summed E-state index contributed by atoms with van der Waals surface area (Å²) >= 11 is 0. The van der Waals surface area contributed by atoms with Gasteiger partial charge in [0.2, 0.25) is 0 Å². The molecule has 0 saturated heterocycles. The summed E-state index contributed by atoms with van der Waals surface area (Å²) in [5.74, 6) is -0.471. The molecule has 4 nitrogen and oxygen atoms in total. The first-order valence-electron chi connectivity index (χ1n) is 4.15. The van der Waals surface area contributed by atoms with Gasteiger partial charge in [0, 0.05) is 0 Å². The van der Waals surface area contributed by atoms with E-state index in [4.69, 9.17) is 15.9 Å². The molecule has 0 radical (unpaired) electrons. The maximum atomic E-state index is 9.18. The second-order valence-electron chi connectivity index (χ2n) is 3.13. The number of hydrogen-bond acceptors (Lipinski definition) is 4. The topological polar surface area (TPSA) is 86.7 Å². The molecule has 1 aromatic rings. The fourth-order valence-corrected chi connectivity index (χ4v) is 1.07. The largest absolute Gasteiger partial charge is 0.511 e. The minimum absolute atomic E-state index is 0.0995. The zero-order valence-corrected chi connectivity index (χ0v) is 7.64. The Hall–Kier alpha value is -1.68. The van der Waals surface area contributed by atoms with Crippen LogP contribution in [0.15, 0.2) is 30.5 Å². The third kappa shape index (κ3) is 2.40. The molecule has 4 heteroatoms. The lowest BCUT2D eigenvalue weighted by atomic mass is 10.1. The molecule has 1 rings (SSSR count). The minimum Gasteiger partial charge on any atom is -0.511 e. The van der Waals surface area contributed by atoms with Crippen molar-refractivity contribution in [2.45, 2.75) is 12.5 Å². The summed E-state index contributed by atoms with van der Waals surface area (Å²) in [7, 11) is 0. The number of hydrogen-bond donors (Lipinski definition) is 4. The quantitative estimate of drug-likeness (QED) is 0.428. The molecule has 14 heavy (non-hydrogen) atoms. The van der Waals surface area contributed by atoms with Gasteiger partial charge in [-0.25, -0.2) is 0 Å². The molecule has 0 bridgehead atoms. The Labute approximate surface area is 81.9 Å². The highest BCUT2D eigenvalue weighted by atomic mass is 16.3. The molecule has 1 atom stereocenters. The third-order valence-electron chi connectivity index (χ3n) is 1.92. The Balaban J connectivity index is 2.78. The lowest BCUT2D eigenvalue weighted by Gasteiger charge is -2.10. The summed E-state index contributed by atoms with van der Waals surface area (Å²) in [4.78, 5) is 0. The predicted octanol–water partition coefficient (Wildman–Crippen LogP) is 1.04. The van der Waals surface area contributed by atoms with Crippen LogP contribution in [0.5, 0.6) is 11.5 Å². The molecule has 0 spiro atoms. The molecule has 1 aromatic carbocycles. The van der Waals surface area contributed by atoms with E-state index in [2.05, 4.69) is 6.58 Å². The first-order chi connectivity index (χ1) is 6.50. The molecule has 0 aromatic heterocycles. The molecule has 0 amide bonds. The highest BCUT2D eigenvalue weighted by molar-refractivity contribution is 5.40. The van der Waals surface area contributed by atoms with E-state index in [1.165, 1.54) is 12.1 Å². The summed E-state index contributed by atoms with van der Waals surface area (Å²) in [6.45, 7) is 3.31. The molecule has 0 aliphatic rings. The van der Waals surface area contributed by atoms with E-state index in [-0.39, 0.29) is 17.3 Å². The maximum absolute atomic E-state index is 9.18. The molecule has 0 heterocycles. The van der Waals surface area contributed by atoms with Crippen LogP contribution in [0.1, 0.15) is 5.56 Å². The number of rotatable bonds is 3.